The summed E-state index contributed by atoms with van der Waals surface area (Å²) in [6.07, 6.45) is 3.45. The Morgan fingerprint density at radius 2 is 2.14 bits per heavy atom. The van der Waals surface area contributed by atoms with Gasteiger partial charge >= 0.3 is 6.03 Å². The van der Waals surface area contributed by atoms with Crippen molar-refractivity contribution in [2.75, 3.05) is 11.9 Å². The van der Waals surface area contributed by atoms with Crippen LogP contribution in [0, 0.1) is 0 Å². The van der Waals surface area contributed by atoms with Crippen LogP contribution in [0.5, 0.6) is 0 Å². The number of carbonyl (C=O) groups is 1. The molecule has 0 saturated carbocycles. The molecule has 1 aromatic heterocycles. The first kappa shape index (κ1) is 15.4. The maximum atomic E-state index is 11.8. The van der Waals surface area contributed by atoms with Gasteiger partial charge in [0.05, 0.1) is 11.9 Å². The van der Waals surface area contributed by atoms with Crippen LogP contribution >= 0.6 is 11.8 Å². The summed E-state index contributed by atoms with van der Waals surface area (Å²) in [5, 5.41) is 10.1. The Labute approximate surface area is 129 Å². The summed E-state index contributed by atoms with van der Waals surface area (Å²) in [5.74, 6) is 0. The Balaban J connectivity index is 1.73. The van der Waals surface area contributed by atoms with Crippen molar-refractivity contribution >= 4 is 23.5 Å². The molecule has 6 heteroatoms. The molecule has 0 fully saturated rings. The van der Waals surface area contributed by atoms with Crippen LogP contribution in [-0.2, 0) is 6.54 Å². The van der Waals surface area contributed by atoms with E-state index < -0.39 is 0 Å². The van der Waals surface area contributed by atoms with E-state index in [0.29, 0.717) is 17.5 Å². The molecular weight excluding hydrogens is 284 g/mol. The van der Waals surface area contributed by atoms with Crippen molar-refractivity contribution in [2.45, 2.75) is 30.5 Å². The van der Waals surface area contributed by atoms with Gasteiger partial charge in [-0.25, -0.2) is 4.79 Å². The van der Waals surface area contributed by atoms with Crippen LogP contribution in [0.4, 0.5) is 10.5 Å². The van der Waals surface area contributed by atoms with Crippen LogP contribution in [0.3, 0.4) is 0 Å². The molecule has 112 valence electrons. The average Bonchev–Trinajstić information content (AvgIpc) is 2.94. The fraction of sp³-hybridized carbons (Fsp3) is 0.333. The molecular formula is C15H20N4OS. The van der Waals surface area contributed by atoms with Crippen molar-refractivity contribution < 1.29 is 4.79 Å². The topological polar surface area (TPSA) is 59.0 Å². The molecule has 2 amide bonds. The number of rotatable bonds is 6. The van der Waals surface area contributed by atoms with Gasteiger partial charge in [-0.05, 0) is 19.1 Å². The highest BCUT2D eigenvalue weighted by Crippen LogP contribution is 2.21. The van der Waals surface area contributed by atoms with Crippen LogP contribution < -0.4 is 10.6 Å². The van der Waals surface area contributed by atoms with Crippen LogP contribution in [-0.4, -0.2) is 27.6 Å². The molecule has 0 unspecified atom stereocenters. The number of carbonyl (C=O) groups excluding carboxylic acids is 1. The van der Waals surface area contributed by atoms with Gasteiger partial charge in [0.25, 0.3) is 0 Å². The summed E-state index contributed by atoms with van der Waals surface area (Å²) in [4.78, 5) is 13.0. The molecule has 0 spiro atoms. The van der Waals surface area contributed by atoms with E-state index in [4.69, 9.17) is 0 Å². The molecule has 0 aliphatic rings. The van der Waals surface area contributed by atoms with Gasteiger partial charge in [0, 0.05) is 29.4 Å². The standard InChI is InChI=1S/C15H20N4OS/c1-3-19-11-13(10-17-19)18-15(20)16-9-12(2)21-14-7-5-4-6-8-14/h4-8,10-12H,3,9H2,1-2H3,(H2,16,18,20)/t12-/m1/s1. The molecule has 2 N–H and O–H groups in total. The minimum Gasteiger partial charge on any atom is -0.337 e. The SMILES string of the molecule is CCn1cc(NC(=O)NC[C@@H](C)Sc2ccccc2)cn1. The zero-order chi connectivity index (χ0) is 15.1. The second-order valence-corrected chi connectivity index (χ2v) is 6.17. The maximum Gasteiger partial charge on any atom is 0.319 e. The summed E-state index contributed by atoms with van der Waals surface area (Å²) in [5.41, 5.74) is 0.706. The molecule has 0 aliphatic heterocycles. The molecule has 5 nitrogen and oxygen atoms in total. The number of amides is 2. The fourth-order valence-corrected chi connectivity index (χ4v) is 2.73. The van der Waals surface area contributed by atoms with Gasteiger partial charge in [0.2, 0.25) is 0 Å². The van der Waals surface area contributed by atoms with E-state index in [2.05, 4.69) is 34.8 Å². The van der Waals surface area contributed by atoms with E-state index in [1.165, 1.54) is 4.90 Å². The highest BCUT2D eigenvalue weighted by Gasteiger charge is 2.08. The summed E-state index contributed by atoms with van der Waals surface area (Å²) in [7, 11) is 0. The minimum absolute atomic E-state index is 0.203. The smallest absolute Gasteiger partial charge is 0.319 e. The Morgan fingerprint density at radius 1 is 1.38 bits per heavy atom. The van der Waals surface area contributed by atoms with Crippen molar-refractivity contribution in [3.63, 3.8) is 0 Å². The molecule has 0 aliphatic carbocycles. The number of urea groups is 1. The number of aromatic nitrogens is 2. The summed E-state index contributed by atoms with van der Waals surface area (Å²) < 4.78 is 1.77. The monoisotopic (exact) mass is 304 g/mol. The fourth-order valence-electron chi connectivity index (χ4n) is 1.79. The highest BCUT2D eigenvalue weighted by molar-refractivity contribution is 8.00. The lowest BCUT2D eigenvalue weighted by Gasteiger charge is -2.12. The number of aryl methyl sites for hydroxylation is 1. The van der Waals surface area contributed by atoms with Crippen molar-refractivity contribution in [2.24, 2.45) is 0 Å². The van der Waals surface area contributed by atoms with E-state index in [1.54, 1.807) is 22.6 Å². The molecule has 0 bridgehead atoms. The second-order valence-electron chi connectivity index (χ2n) is 4.66. The van der Waals surface area contributed by atoms with Crippen LogP contribution in [0.1, 0.15) is 13.8 Å². The van der Waals surface area contributed by atoms with E-state index in [9.17, 15) is 4.79 Å². The molecule has 1 atom stereocenters. The lowest BCUT2D eigenvalue weighted by atomic mass is 10.4. The number of hydrogen-bond donors (Lipinski definition) is 2. The molecule has 2 rings (SSSR count). The number of hydrogen-bond acceptors (Lipinski definition) is 3. The van der Waals surface area contributed by atoms with Crippen molar-refractivity contribution in [3.05, 3.63) is 42.7 Å². The first-order chi connectivity index (χ1) is 10.2. The number of nitrogens with one attached hydrogen (secondary N) is 2. The molecule has 1 heterocycles. The second kappa shape index (κ2) is 7.73. The van der Waals surface area contributed by atoms with Crippen LogP contribution in [0.25, 0.3) is 0 Å². The van der Waals surface area contributed by atoms with Crippen molar-refractivity contribution in [1.82, 2.24) is 15.1 Å². The van der Waals surface area contributed by atoms with Gasteiger partial charge in [-0.15, -0.1) is 11.8 Å². The summed E-state index contributed by atoms with van der Waals surface area (Å²) in [6.45, 7) is 5.48. The first-order valence-electron chi connectivity index (χ1n) is 6.96. The first-order valence-corrected chi connectivity index (χ1v) is 7.84. The van der Waals surface area contributed by atoms with Crippen molar-refractivity contribution in [3.8, 4) is 0 Å². The lowest BCUT2D eigenvalue weighted by Crippen LogP contribution is -2.33. The van der Waals surface area contributed by atoms with Crippen molar-refractivity contribution in [1.29, 1.82) is 0 Å². The zero-order valence-electron chi connectivity index (χ0n) is 12.2. The molecule has 1 aromatic carbocycles. The summed E-state index contributed by atoms with van der Waals surface area (Å²) >= 11 is 1.74. The molecule has 0 radical (unpaired) electrons. The van der Waals surface area contributed by atoms with E-state index >= 15 is 0 Å². The zero-order valence-corrected chi connectivity index (χ0v) is 13.1. The molecule has 21 heavy (non-hydrogen) atoms. The number of thioether (sulfide) groups is 1. The van der Waals surface area contributed by atoms with Gasteiger partial charge in [0.1, 0.15) is 0 Å². The number of anilines is 1. The summed E-state index contributed by atoms with van der Waals surface area (Å²) in [6, 6.07) is 9.96. The third-order valence-corrected chi connectivity index (χ3v) is 3.96. The molecule has 0 saturated heterocycles. The highest BCUT2D eigenvalue weighted by atomic mass is 32.2. The Bertz CT molecular complexity index is 570. The van der Waals surface area contributed by atoms with E-state index in [0.717, 1.165) is 6.54 Å². The number of nitrogens with zero attached hydrogens (tertiary/aromatic N) is 2. The van der Waals surface area contributed by atoms with E-state index in [1.807, 2.05) is 31.3 Å². The minimum atomic E-state index is -0.203. The van der Waals surface area contributed by atoms with Gasteiger partial charge in [-0.3, -0.25) is 4.68 Å². The Kier molecular flexibility index (Phi) is 5.68. The largest absolute Gasteiger partial charge is 0.337 e. The third-order valence-electron chi connectivity index (χ3n) is 2.85. The predicted octanol–water partition coefficient (Wildman–Crippen LogP) is 3.21. The quantitative estimate of drug-likeness (QED) is 0.806. The van der Waals surface area contributed by atoms with Gasteiger partial charge in [0.15, 0.2) is 0 Å². The van der Waals surface area contributed by atoms with Gasteiger partial charge in [-0.1, -0.05) is 25.1 Å². The number of benzene rings is 1. The van der Waals surface area contributed by atoms with Gasteiger partial charge in [-0.2, -0.15) is 5.10 Å². The normalized spacial score (nSPS) is 11.9. The van der Waals surface area contributed by atoms with Gasteiger partial charge < -0.3 is 10.6 Å². The van der Waals surface area contributed by atoms with Crippen LogP contribution in [0.15, 0.2) is 47.6 Å². The third kappa shape index (κ3) is 5.15. The predicted molar refractivity (Wildman–Crippen MR) is 86.7 cm³/mol. The average molecular weight is 304 g/mol. The lowest BCUT2D eigenvalue weighted by molar-refractivity contribution is 0.252. The maximum absolute atomic E-state index is 11.8. The Morgan fingerprint density at radius 3 is 2.81 bits per heavy atom. The van der Waals surface area contributed by atoms with Crippen LogP contribution in [0.2, 0.25) is 0 Å². The van der Waals surface area contributed by atoms with E-state index in [-0.39, 0.29) is 6.03 Å². The Hall–Kier alpha value is -1.95. The molecule has 2 aromatic rings.